The third-order valence-electron chi connectivity index (χ3n) is 25.0. The van der Waals surface area contributed by atoms with Gasteiger partial charge in [0.05, 0.1) is 64.0 Å². The Balaban J connectivity index is 1.04. The SMILES string of the molecule is CCCCCCCC/C=C\CCCCCCCCCCCCCCCC(=O)N[C@@H](CO[C@@H]1OC(CO)[C@@H](O[C@@H]2OC(CO)[C@H](O)[C@H](O[C@@H]3OC(CO)[C@@H](O[C@@H]4OC(CO)[C@H](O)[C@H](O[C@H]5OC(CO)[C@H](O)[C@H](O)C5O)C4O[C@H]4OC(C)[C@@H](O)C(O)[C@@H]4O)[C@H](O[C@H]4OC(C)[C@@H](O)C(O)[C@@H]4O)C3NC(C)=O)C2O)[C@H](O)C1O)[C@H](O)/C=C/CCCCCCCCCCCCC. The Hall–Kier alpha value is -2.94. The van der Waals surface area contributed by atoms with Gasteiger partial charge in [-0.2, -0.15) is 0 Å². The van der Waals surface area contributed by atoms with E-state index in [1.165, 1.54) is 155 Å². The lowest BCUT2D eigenvalue weighted by molar-refractivity contribution is -0.411. The Morgan fingerprint density at radius 2 is 0.667 bits per heavy atom. The van der Waals surface area contributed by atoms with Crippen molar-refractivity contribution in [3.05, 3.63) is 24.3 Å². The summed E-state index contributed by atoms with van der Waals surface area (Å²) in [5.41, 5.74) is 0. The number of unbranched alkanes of at least 4 members (excludes halogenated alkanes) is 30. The van der Waals surface area contributed by atoms with E-state index >= 15 is 0 Å². The van der Waals surface area contributed by atoms with Crippen LogP contribution in [0.1, 0.15) is 253 Å². The number of allylic oxidation sites excluding steroid dienone is 3. The van der Waals surface area contributed by atoms with Crippen LogP contribution in [0.4, 0.5) is 0 Å². The van der Waals surface area contributed by atoms with Gasteiger partial charge in [-0.05, 0) is 58.8 Å². The minimum absolute atomic E-state index is 0.151. The largest absolute Gasteiger partial charge is 0.394 e. The summed E-state index contributed by atoms with van der Waals surface area (Å²) >= 11 is 0. The molecule has 7 fully saturated rings. The zero-order valence-electron chi connectivity index (χ0n) is 74.4. The summed E-state index contributed by atoms with van der Waals surface area (Å²) in [5.74, 6) is -1.32. The summed E-state index contributed by atoms with van der Waals surface area (Å²) in [4.78, 5) is 27.4. The molecule has 7 aliphatic rings. The van der Waals surface area contributed by atoms with Crippen LogP contribution in [-0.2, 0) is 75.9 Å². The van der Waals surface area contributed by atoms with E-state index in [1.807, 2.05) is 6.08 Å². The van der Waals surface area contributed by atoms with Crippen molar-refractivity contribution >= 4 is 11.8 Å². The lowest BCUT2D eigenvalue weighted by Crippen LogP contribution is -2.72. The van der Waals surface area contributed by atoms with Gasteiger partial charge >= 0.3 is 0 Å². The maximum atomic E-state index is 13.7. The molecule has 7 heterocycles. The first-order chi connectivity index (χ1) is 60.6. The summed E-state index contributed by atoms with van der Waals surface area (Å²) in [5, 5.41) is 231. The van der Waals surface area contributed by atoms with E-state index in [0.717, 1.165) is 64.7 Å². The molecule has 7 aliphatic heterocycles. The topological polar surface area (TPSA) is 592 Å². The van der Waals surface area contributed by atoms with Crippen LogP contribution in [0, 0.1) is 0 Å². The van der Waals surface area contributed by atoms with Gasteiger partial charge in [0.25, 0.3) is 0 Å². The van der Waals surface area contributed by atoms with Gasteiger partial charge in [0.2, 0.25) is 11.8 Å². The zero-order chi connectivity index (χ0) is 91.9. The first kappa shape index (κ1) is 110. The van der Waals surface area contributed by atoms with Crippen LogP contribution in [0.2, 0.25) is 0 Å². The fourth-order valence-corrected chi connectivity index (χ4v) is 17.1. The standard InChI is InChI=1S/C88H158N2O36/c1-6-8-10-12-14-16-18-20-21-22-23-24-25-26-27-28-29-31-33-35-37-39-41-43-60(98)90-53(54(97)42-40-38-36-34-32-30-19-17-15-13-11-9-7-2)49-113-83-74(111)70(107)76(58(47-94)120-83)121-87-75(112)79(65(102)56(45-92)117-87)124-82-61(89-52(5)96)78(123-84-71(108)67(104)62(99)50(3)114-84)77(59(48-95)119-82)122-88-81(126-85-72(109)68(105)63(100)51(4)115-85)80(66(103)57(46-93)118-88)125-86-73(110)69(106)64(101)55(44-91)116-86/h20-21,40,42,50-51,53-59,61-88,91-95,97,99-112H,6-19,22-39,41,43-49H2,1-5H3,(H,89,96)(H,90,98)/b21-20-,42-40+/t50?,51?,53-,54+,55?,56?,57?,58?,59?,61?,62+,63+,64-,65-,66-,67?,68?,69-,70+,71-,72-,73?,74?,75?,76+,77+,78+,79-,80-,81?,82-,83+,84+,85+,86+,87-,88-/m0/s1. The lowest BCUT2D eigenvalue weighted by Gasteiger charge is -2.53. The monoisotopic (exact) mass is 1820 g/mol. The van der Waals surface area contributed by atoms with Gasteiger partial charge in [0, 0.05) is 13.3 Å². The number of nitrogens with one attached hydrogen (secondary N) is 2. The molecule has 7 rings (SSSR count). The van der Waals surface area contributed by atoms with Gasteiger partial charge in [0.1, 0.15) is 159 Å². The van der Waals surface area contributed by atoms with Crippen LogP contribution < -0.4 is 10.6 Å². The van der Waals surface area contributed by atoms with Crippen molar-refractivity contribution in [3.63, 3.8) is 0 Å². The average Bonchev–Trinajstić information content (AvgIpc) is 0.755. The van der Waals surface area contributed by atoms with Crippen molar-refractivity contribution in [2.24, 2.45) is 0 Å². The van der Waals surface area contributed by atoms with Crippen LogP contribution >= 0.6 is 0 Å². The minimum atomic E-state index is -2.31. The van der Waals surface area contributed by atoms with Crippen molar-refractivity contribution < 1.29 is 178 Å². The van der Waals surface area contributed by atoms with Gasteiger partial charge in [-0.3, -0.25) is 9.59 Å². The van der Waals surface area contributed by atoms with Crippen LogP contribution in [0.25, 0.3) is 0 Å². The van der Waals surface area contributed by atoms with Gasteiger partial charge in [-0.15, -0.1) is 0 Å². The molecule has 0 bridgehead atoms. The smallest absolute Gasteiger partial charge is 0.220 e. The molecular formula is C88H158N2O36. The molecule has 126 heavy (non-hydrogen) atoms. The number of aliphatic hydroxyl groups excluding tert-OH is 20. The van der Waals surface area contributed by atoms with E-state index in [9.17, 15) is 112 Å². The van der Waals surface area contributed by atoms with Crippen LogP contribution in [0.3, 0.4) is 0 Å². The molecule has 0 aliphatic carbocycles. The van der Waals surface area contributed by atoms with Crippen LogP contribution in [0.5, 0.6) is 0 Å². The predicted octanol–water partition coefficient (Wildman–Crippen LogP) is 0.208. The van der Waals surface area contributed by atoms with E-state index in [4.69, 9.17) is 66.3 Å². The molecule has 736 valence electrons. The predicted molar refractivity (Wildman–Crippen MR) is 449 cm³/mol. The Morgan fingerprint density at radius 3 is 1.13 bits per heavy atom. The maximum absolute atomic E-state index is 13.7. The third-order valence-corrected chi connectivity index (χ3v) is 25.0. The number of hydrogen-bond donors (Lipinski definition) is 22. The average molecular weight is 1820 g/mol. The molecule has 38 heteroatoms. The number of hydrogen-bond acceptors (Lipinski definition) is 36. The van der Waals surface area contributed by atoms with Gasteiger partial charge in [0.15, 0.2) is 44.0 Å². The Bertz CT molecular complexity index is 2960. The first-order valence-electron chi connectivity index (χ1n) is 46.9. The van der Waals surface area contributed by atoms with Gasteiger partial charge in [-0.1, -0.05) is 205 Å². The molecule has 38 nitrogen and oxygen atoms in total. The second kappa shape index (κ2) is 59.0. The minimum Gasteiger partial charge on any atom is -0.394 e. The molecule has 0 saturated carbocycles. The highest BCUT2D eigenvalue weighted by atomic mass is 16.8. The second-order valence-corrected chi connectivity index (χ2v) is 35.2. The molecule has 0 aromatic carbocycles. The molecule has 0 aromatic heterocycles. The number of carbonyl (C=O) groups is 2. The van der Waals surface area contributed by atoms with Gasteiger partial charge < -0.3 is 179 Å². The number of carbonyl (C=O) groups excluding carboxylic acids is 2. The second-order valence-electron chi connectivity index (χ2n) is 35.2. The molecule has 2 amide bonds. The number of rotatable bonds is 59. The third kappa shape index (κ3) is 33.6. The Kier molecular flexibility index (Phi) is 51.6. The molecule has 7 saturated heterocycles. The Labute approximate surface area is 741 Å². The quantitative estimate of drug-likeness (QED) is 0.0286. The maximum Gasteiger partial charge on any atom is 0.220 e. The highest BCUT2D eigenvalue weighted by Crippen LogP contribution is 2.41. The highest BCUT2D eigenvalue weighted by Gasteiger charge is 2.61. The Morgan fingerprint density at radius 1 is 0.325 bits per heavy atom. The van der Waals surface area contributed by atoms with E-state index in [-0.39, 0.29) is 12.3 Å². The molecular weight excluding hydrogens is 1660 g/mol. The highest BCUT2D eigenvalue weighted by molar-refractivity contribution is 5.76. The van der Waals surface area contributed by atoms with Crippen molar-refractivity contribution in [2.75, 3.05) is 39.6 Å². The molecule has 0 spiro atoms. The summed E-state index contributed by atoms with van der Waals surface area (Å²) in [6, 6.07) is -3.10. The number of amides is 2. The first-order valence-corrected chi connectivity index (χ1v) is 46.9. The zero-order valence-corrected chi connectivity index (χ0v) is 74.4. The van der Waals surface area contributed by atoms with E-state index in [2.05, 4.69) is 36.6 Å². The van der Waals surface area contributed by atoms with Crippen molar-refractivity contribution in [1.82, 2.24) is 10.6 Å². The fraction of sp³-hybridized carbons (Fsp3) is 0.932. The number of aliphatic hydroxyl groups is 20. The van der Waals surface area contributed by atoms with Crippen LogP contribution in [-0.4, -0.2) is 381 Å². The van der Waals surface area contributed by atoms with E-state index in [0.29, 0.717) is 12.8 Å². The molecule has 37 atom stereocenters. The van der Waals surface area contributed by atoms with Gasteiger partial charge in [-0.25, -0.2) is 0 Å². The summed E-state index contributed by atoms with van der Waals surface area (Å²) in [7, 11) is 0. The summed E-state index contributed by atoms with van der Waals surface area (Å²) in [6.45, 7) is 2.14. The van der Waals surface area contributed by atoms with Crippen molar-refractivity contribution in [3.8, 4) is 0 Å². The lowest BCUT2D eigenvalue weighted by atomic mass is 9.93. The van der Waals surface area contributed by atoms with E-state index in [1.54, 1.807) is 6.08 Å². The van der Waals surface area contributed by atoms with Crippen molar-refractivity contribution in [1.29, 1.82) is 0 Å². The number of ether oxygens (including phenoxy) is 14. The summed E-state index contributed by atoms with van der Waals surface area (Å²) in [6.07, 6.45) is -22.4. The molecule has 0 radical (unpaired) electrons. The van der Waals surface area contributed by atoms with Crippen LogP contribution in [0.15, 0.2) is 24.3 Å². The normalized spacial score (nSPS) is 38.2. The molecule has 14 unspecified atom stereocenters. The molecule has 0 aromatic rings. The summed E-state index contributed by atoms with van der Waals surface area (Å²) < 4.78 is 85.5. The van der Waals surface area contributed by atoms with E-state index < -0.39 is 273 Å². The fourth-order valence-electron chi connectivity index (χ4n) is 17.1. The molecule has 22 N–H and O–H groups in total. The van der Waals surface area contributed by atoms with Crippen molar-refractivity contribution in [2.45, 2.75) is 480 Å².